The van der Waals surface area contributed by atoms with Crippen molar-refractivity contribution in [1.82, 2.24) is 4.40 Å². The molecular weight excluding hydrogens is 424 g/mol. The fourth-order valence-electron chi connectivity index (χ4n) is 6.25. The summed E-state index contributed by atoms with van der Waals surface area (Å²) in [6, 6.07) is 29.4. The number of nitrogens with zero attached hydrogens (tertiary/aromatic N) is 2. The lowest BCUT2D eigenvalue weighted by molar-refractivity contribution is -0.643. The highest BCUT2D eigenvalue weighted by molar-refractivity contribution is 6.27. The first-order valence-corrected chi connectivity index (χ1v) is 12.6. The summed E-state index contributed by atoms with van der Waals surface area (Å²) >= 11 is 0. The highest BCUT2D eigenvalue weighted by atomic mass is 15.0. The molecule has 0 fully saturated rings. The Balaban J connectivity index is 1.83. The minimum absolute atomic E-state index is 0.610. The maximum absolute atomic E-state index is 2.58. The van der Waals surface area contributed by atoms with E-state index in [0.29, 0.717) is 5.92 Å². The van der Waals surface area contributed by atoms with Crippen molar-refractivity contribution in [2.24, 2.45) is 13.0 Å². The van der Waals surface area contributed by atoms with Gasteiger partial charge in [-0.2, -0.15) is 0 Å². The Morgan fingerprint density at radius 1 is 0.800 bits per heavy atom. The molecule has 0 amide bonds. The molecule has 0 bridgehead atoms. The second kappa shape index (κ2) is 7.29. The van der Waals surface area contributed by atoms with E-state index in [1.165, 1.54) is 71.3 Å². The quantitative estimate of drug-likeness (QED) is 0.146. The van der Waals surface area contributed by atoms with Gasteiger partial charge in [0.25, 0.3) is 0 Å². The van der Waals surface area contributed by atoms with Gasteiger partial charge in [-0.05, 0) is 47.4 Å². The van der Waals surface area contributed by atoms with Crippen molar-refractivity contribution in [2.45, 2.75) is 27.2 Å². The predicted octanol–water partition coefficient (Wildman–Crippen LogP) is 7.99. The first kappa shape index (κ1) is 20.5. The van der Waals surface area contributed by atoms with Gasteiger partial charge in [0.2, 0.25) is 5.52 Å². The third-order valence-electron chi connectivity index (χ3n) is 7.64. The molecule has 0 atom stereocenters. The van der Waals surface area contributed by atoms with Gasteiger partial charge in [-0.25, -0.2) is 4.57 Å². The molecule has 0 aliphatic rings. The summed E-state index contributed by atoms with van der Waals surface area (Å²) in [5, 5.41) is 6.68. The van der Waals surface area contributed by atoms with Crippen molar-refractivity contribution in [1.29, 1.82) is 0 Å². The number of fused-ring (bicyclic) bond motifs is 5. The summed E-state index contributed by atoms with van der Waals surface area (Å²) < 4.78 is 4.89. The molecule has 170 valence electrons. The van der Waals surface area contributed by atoms with Crippen molar-refractivity contribution < 1.29 is 4.57 Å². The maximum Gasteiger partial charge on any atom is 0.224 e. The van der Waals surface area contributed by atoms with Crippen LogP contribution < -0.4 is 4.57 Å². The van der Waals surface area contributed by atoms with Crippen molar-refractivity contribution >= 4 is 49.0 Å². The van der Waals surface area contributed by atoms with E-state index in [0.717, 1.165) is 6.42 Å². The standard InChI is InChI=1S/C33H29N2/c1-20(2)17-22-18-24-15-16-34(4)33-29-21(3)13-14-27-26-12-8-11-25(23-9-6-5-7-10-23)31(26)35(32(27)29)28(19-22)30(24)33/h5-16,18-20H,17H2,1-4H3/q+1. The first-order valence-electron chi connectivity index (χ1n) is 12.6. The van der Waals surface area contributed by atoms with Crippen molar-refractivity contribution in [2.75, 3.05) is 0 Å². The molecule has 0 spiro atoms. The molecule has 0 N–H and O–H groups in total. The summed E-state index contributed by atoms with van der Waals surface area (Å²) in [7, 11) is 2.19. The van der Waals surface area contributed by atoms with Crippen LogP contribution in [0, 0.1) is 12.8 Å². The minimum atomic E-state index is 0.610. The van der Waals surface area contributed by atoms with E-state index in [-0.39, 0.29) is 0 Å². The number of aromatic nitrogens is 2. The molecule has 7 rings (SSSR count). The van der Waals surface area contributed by atoms with Gasteiger partial charge in [0, 0.05) is 22.4 Å². The Labute approximate surface area is 205 Å². The zero-order chi connectivity index (χ0) is 23.8. The van der Waals surface area contributed by atoms with E-state index in [1.807, 2.05) is 0 Å². The molecular formula is C33H29N2+. The summed E-state index contributed by atoms with van der Waals surface area (Å²) in [4.78, 5) is 0. The van der Waals surface area contributed by atoms with Crippen LogP contribution in [-0.2, 0) is 13.5 Å². The average Bonchev–Trinajstić information content (AvgIpc) is 3.19. The van der Waals surface area contributed by atoms with Crippen molar-refractivity contribution in [3.8, 4) is 11.1 Å². The molecule has 0 unspecified atom stereocenters. The lowest BCUT2D eigenvalue weighted by Crippen LogP contribution is -2.29. The fraction of sp³-hybridized carbons (Fsp3) is 0.182. The number of aryl methyl sites for hydroxylation is 2. The molecule has 2 heteroatoms. The normalized spacial score (nSPS) is 12.4. The molecule has 0 aliphatic carbocycles. The molecule has 4 aromatic carbocycles. The van der Waals surface area contributed by atoms with Gasteiger partial charge in [-0.15, -0.1) is 0 Å². The van der Waals surface area contributed by atoms with Gasteiger partial charge < -0.3 is 4.40 Å². The topological polar surface area (TPSA) is 8.29 Å². The van der Waals surface area contributed by atoms with Crippen LogP contribution in [0.25, 0.3) is 60.1 Å². The Hall–Kier alpha value is -3.91. The Morgan fingerprint density at radius 3 is 2.40 bits per heavy atom. The van der Waals surface area contributed by atoms with Crippen LogP contribution in [0.2, 0.25) is 0 Å². The highest BCUT2D eigenvalue weighted by Crippen LogP contribution is 2.43. The first-order chi connectivity index (χ1) is 17.0. The number of hydrogen-bond acceptors (Lipinski definition) is 0. The molecule has 3 heterocycles. The second-order valence-electron chi connectivity index (χ2n) is 10.5. The summed E-state index contributed by atoms with van der Waals surface area (Å²) in [5.74, 6) is 0.610. The number of hydrogen-bond donors (Lipinski definition) is 0. The molecule has 0 saturated heterocycles. The number of pyridine rings is 2. The molecule has 0 aliphatic heterocycles. The van der Waals surface area contributed by atoms with Gasteiger partial charge in [0.15, 0.2) is 6.20 Å². The average molecular weight is 454 g/mol. The summed E-state index contributed by atoms with van der Waals surface area (Å²) in [5.41, 5.74) is 10.6. The van der Waals surface area contributed by atoms with Crippen molar-refractivity contribution in [3.05, 3.63) is 96.2 Å². The third-order valence-corrected chi connectivity index (χ3v) is 7.64. The zero-order valence-electron chi connectivity index (χ0n) is 20.8. The van der Waals surface area contributed by atoms with Crippen LogP contribution in [0.4, 0.5) is 0 Å². The van der Waals surface area contributed by atoms with E-state index in [4.69, 9.17) is 0 Å². The van der Waals surface area contributed by atoms with Gasteiger partial charge >= 0.3 is 0 Å². The fourth-order valence-corrected chi connectivity index (χ4v) is 6.25. The molecule has 3 aromatic heterocycles. The number of rotatable bonds is 3. The van der Waals surface area contributed by atoms with E-state index >= 15 is 0 Å². The maximum atomic E-state index is 2.58. The molecule has 0 radical (unpaired) electrons. The molecule has 0 saturated carbocycles. The SMILES string of the molecule is Cc1ccc2c3cccc(-c4ccccc4)c3n3c4cc(CC(C)C)cc5cc[n+](C)c(c1c23)c54. The van der Waals surface area contributed by atoms with Gasteiger partial charge in [0.05, 0.1) is 27.3 Å². The van der Waals surface area contributed by atoms with Crippen LogP contribution in [0.1, 0.15) is 25.0 Å². The Kier molecular flexibility index (Phi) is 4.26. The number of para-hydroxylation sites is 1. The van der Waals surface area contributed by atoms with Crippen LogP contribution in [0.5, 0.6) is 0 Å². The Morgan fingerprint density at radius 2 is 1.60 bits per heavy atom. The monoisotopic (exact) mass is 453 g/mol. The lowest BCUT2D eigenvalue weighted by Gasteiger charge is -2.15. The lowest BCUT2D eigenvalue weighted by atomic mass is 9.96. The van der Waals surface area contributed by atoms with Crippen LogP contribution in [-0.4, -0.2) is 4.40 Å². The summed E-state index contributed by atoms with van der Waals surface area (Å²) in [6.07, 6.45) is 3.31. The van der Waals surface area contributed by atoms with E-state index in [9.17, 15) is 0 Å². The second-order valence-corrected chi connectivity index (χ2v) is 10.5. The van der Waals surface area contributed by atoms with Crippen LogP contribution >= 0.6 is 0 Å². The largest absolute Gasteiger partial charge is 0.307 e. The van der Waals surface area contributed by atoms with E-state index < -0.39 is 0 Å². The Bertz CT molecular complexity index is 1910. The van der Waals surface area contributed by atoms with Crippen molar-refractivity contribution in [3.63, 3.8) is 0 Å². The molecule has 2 nitrogen and oxygen atoms in total. The molecule has 7 aromatic rings. The minimum Gasteiger partial charge on any atom is -0.307 e. The smallest absolute Gasteiger partial charge is 0.224 e. The van der Waals surface area contributed by atoms with E-state index in [1.54, 1.807) is 0 Å². The third kappa shape index (κ3) is 2.80. The summed E-state index contributed by atoms with van der Waals surface area (Å²) in [6.45, 7) is 6.87. The van der Waals surface area contributed by atoms with Gasteiger partial charge in [0.1, 0.15) is 7.05 Å². The highest BCUT2D eigenvalue weighted by Gasteiger charge is 2.25. The van der Waals surface area contributed by atoms with Crippen LogP contribution in [0.15, 0.2) is 85.1 Å². The predicted molar refractivity (Wildman–Crippen MR) is 148 cm³/mol. The van der Waals surface area contributed by atoms with E-state index in [2.05, 4.69) is 122 Å². The van der Waals surface area contributed by atoms with Crippen LogP contribution in [0.3, 0.4) is 0 Å². The van der Waals surface area contributed by atoms with Gasteiger partial charge in [-0.3, -0.25) is 0 Å². The number of benzene rings is 4. The van der Waals surface area contributed by atoms with Gasteiger partial charge in [-0.1, -0.05) is 80.6 Å². The zero-order valence-corrected chi connectivity index (χ0v) is 20.8. The molecule has 35 heavy (non-hydrogen) atoms.